The monoisotopic (exact) mass is 401 g/mol. The second-order valence-corrected chi connectivity index (χ2v) is 8.56. The van der Waals surface area contributed by atoms with Crippen LogP contribution in [0.4, 0.5) is 11.5 Å². The molecule has 1 heterocycles. The summed E-state index contributed by atoms with van der Waals surface area (Å²) < 4.78 is 0. The van der Waals surface area contributed by atoms with E-state index in [0.29, 0.717) is 23.2 Å². The number of pyridine rings is 1. The topological polar surface area (TPSA) is 54.0 Å². The molecule has 3 atom stereocenters. The zero-order valence-electron chi connectivity index (χ0n) is 18.1. The van der Waals surface area contributed by atoms with Crippen molar-refractivity contribution in [1.82, 2.24) is 10.3 Å². The van der Waals surface area contributed by atoms with Gasteiger partial charge in [0.1, 0.15) is 5.82 Å². The summed E-state index contributed by atoms with van der Waals surface area (Å²) in [4.78, 5) is 18.1. The normalized spacial score (nSPS) is 21.4. The first kappa shape index (κ1) is 20.4. The van der Waals surface area contributed by atoms with Crippen LogP contribution >= 0.6 is 0 Å². The van der Waals surface area contributed by atoms with E-state index in [4.69, 9.17) is 4.98 Å². The fourth-order valence-corrected chi connectivity index (χ4v) is 4.55. The number of para-hydroxylation sites is 2. The number of fused-ring (bicyclic) bond motifs is 1. The van der Waals surface area contributed by atoms with Crippen molar-refractivity contribution >= 4 is 28.3 Å². The van der Waals surface area contributed by atoms with E-state index in [0.717, 1.165) is 29.4 Å². The van der Waals surface area contributed by atoms with Crippen molar-refractivity contribution < 1.29 is 4.79 Å². The molecule has 0 saturated heterocycles. The third-order valence-electron chi connectivity index (χ3n) is 6.65. The molecule has 0 spiro atoms. The molecule has 0 aliphatic heterocycles. The van der Waals surface area contributed by atoms with E-state index in [2.05, 4.69) is 43.5 Å². The van der Waals surface area contributed by atoms with E-state index in [1.807, 2.05) is 42.5 Å². The lowest BCUT2D eigenvalue weighted by molar-refractivity contribution is 0.0892. The highest BCUT2D eigenvalue weighted by molar-refractivity contribution is 6.07. The molecule has 4 nitrogen and oxygen atoms in total. The van der Waals surface area contributed by atoms with Crippen molar-refractivity contribution in [1.29, 1.82) is 0 Å². The van der Waals surface area contributed by atoms with Crippen LogP contribution in [0.1, 0.15) is 56.0 Å². The van der Waals surface area contributed by atoms with Crippen LogP contribution in [0.5, 0.6) is 0 Å². The lowest BCUT2D eigenvalue weighted by atomic mass is 9.78. The van der Waals surface area contributed by atoms with Crippen molar-refractivity contribution in [2.45, 2.75) is 52.5 Å². The molecule has 2 N–H and O–H groups in total. The second-order valence-electron chi connectivity index (χ2n) is 8.56. The van der Waals surface area contributed by atoms with Crippen molar-refractivity contribution in [2.75, 3.05) is 5.32 Å². The third kappa shape index (κ3) is 4.18. The number of aromatic nitrogens is 1. The Morgan fingerprint density at radius 3 is 2.67 bits per heavy atom. The van der Waals surface area contributed by atoms with E-state index < -0.39 is 0 Å². The molecule has 4 rings (SSSR count). The number of hydrogen-bond donors (Lipinski definition) is 2. The Bertz CT molecular complexity index is 1050. The van der Waals surface area contributed by atoms with E-state index in [1.54, 1.807) is 0 Å². The second kappa shape index (κ2) is 8.86. The number of carbonyl (C=O) groups is 1. The molecule has 2 aromatic carbocycles. The summed E-state index contributed by atoms with van der Waals surface area (Å²) in [5.41, 5.74) is 3.77. The average Bonchev–Trinajstić information content (AvgIpc) is 2.76. The lowest BCUT2D eigenvalue weighted by Gasteiger charge is -2.34. The summed E-state index contributed by atoms with van der Waals surface area (Å²) in [6.45, 7) is 6.69. The van der Waals surface area contributed by atoms with E-state index in [9.17, 15) is 4.79 Å². The minimum atomic E-state index is -0.00798. The highest BCUT2D eigenvalue weighted by atomic mass is 16.1. The molecule has 1 aliphatic rings. The predicted molar refractivity (Wildman–Crippen MR) is 124 cm³/mol. The van der Waals surface area contributed by atoms with Crippen LogP contribution in [-0.4, -0.2) is 16.9 Å². The Morgan fingerprint density at radius 2 is 1.83 bits per heavy atom. The van der Waals surface area contributed by atoms with Crippen molar-refractivity contribution in [3.63, 3.8) is 0 Å². The number of rotatable bonds is 5. The molecular weight excluding hydrogens is 370 g/mol. The predicted octanol–water partition coefficient (Wildman–Crippen LogP) is 6.10. The van der Waals surface area contributed by atoms with Gasteiger partial charge in [0.25, 0.3) is 5.91 Å². The number of anilines is 2. The number of amides is 1. The van der Waals surface area contributed by atoms with Gasteiger partial charge < -0.3 is 10.6 Å². The van der Waals surface area contributed by atoms with E-state index in [-0.39, 0.29) is 11.9 Å². The maximum atomic E-state index is 13.3. The fraction of sp³-hybridized carbons (Fsp3) is 0.385. The van der Waals surface area contributed by atoms with Gasteiger partial charge in [-0.3, -0.25) is 4.79 Å². The number of nitrogens with one attached hydrogen (secondary N) is 2. The first-order valence-electron chi connectivity index (χ1n) is 11.1. The molecule has 3 aromatic rings. The maximum Gasteiger partial charge on any atom is 0.252 e. The van der Waals surface area contributed by atoms with Gasteiger partial charge in [-0.1, -0.05) is 70.0 Å². The lowest BCUT2D eigenvalue weighted by Crippen LogP contribution is -2.43. The summed E-state index contributed by atoms with van der Waals surface area (Å²) >= 11 is 0. The van der Waals surface area contributed by atoms with Gasteiger partial charge >= 0.3 is 0 Å². The third-order valence-corrected chi connectivity index (χ3v) is 6.65. The van der Waals surface area contributed by atoms with Gasteiger partial charge in [0.2, 0.25) is 0 Å². The van der Waals surface area contributed by atoms with Gasteiger partial charge in [-0.05, 0) is 48.4 Å². The Labute approximate surface area is 179 Å². The van der Waals surface area contributed by atoms with E-state index >= 15 is 0 Å². The van der Waals surface area contributed by atoms with Crippen LogP contribution in [0.2, 0.25) is 0 Å². The Morgan fingerprint density at radius 1 is 1.07 bits per heavy atom. The number of carbonyl (C=O) groups excluding carboxylic acids is 1. The quantitative estimate of drug-likeness (QED) is 0.543. The zero-order valence-corrected chi connectivity index (χ0v) is 18.1. The molecule has 0 unspecified atom stereocenters. The van der Waals surface area contributed by atoms with Crippen molar-refractivity contribution in [3.8, 4) is 0 Å². The molecular formula is C26H31N3O. The van der Waals surface area contributed by atoms with Gasteiger partial charge in [0.05, 0.1) is 11.1 Å². The van der Waals surface area contributed by atoms with Gasteiger partial charge in [0.15, 0.2) is 0 Å². The average molecular weight is 402 g/mol. The number of benzene rings is 2. The Kier molecular flexibility index (Phi) is 6.03. The summed E-state index contributed by atoms with van der Waals surface area (Å²) in [6, 6.07) is 18.2. The summed E-state index contributed by atoms with van der Waals surface area (Å²) in [7, 11) is 0. The summed E-state index contributed by atoms with van der Waals surface area (Å²) in [6.07, 6.45) is 4.40. The highest BCUT2D eigenvalue weighted by Crippen LogP contribution is 2.30. The molecule has 1 aromatic heterocycles. The Hall–Kier alpha value is -2.88. The maximum absolute atomic E-state index is 13.3. The molecule has 4 heteroatoms. The molecule has 156 valence electrons. The van der Waals surface area contributed by atoms with Crippen LogP contribution in [-0.2, 0) is 6.42 Å². The smallest absolute Gasteiger partial charge is 0.252 e. The van der Waals surface area contributed by atoms with E-state index in [1.165, 1.54) is 18.4 Å². The van der Waals surface area contributed by atoms with Gasteiger partial charge in [-0.2, -0.15) is 0 Å². The van der Waals surface area contributed by atoms with Gasteiger partial charge in [-0.25, -0.2) is 4.98 Å². The molecule has 30 heavy (non-hydrogen) atoms. The molecule has 1 saturated carbocycles. The first-order chi connectivity index (χ1) is 14.6. The van der Waals surface area contributed by atoms with Crippen LogP contribution < -0.4 is 10.6 Å². The van der Waals surface area contributed by atoms with Crippen LogP contribution in [0.15, 0.2) is 54.6 Å². The Balaban J connectivity index is 1.67. The highest BCUT2D eigenvalue weighted by Gasteiger charge is 2.29. The van der Waals surface area contributed by atoms with Crippen molar-refractivity contribution in [2.24, 2.45) is 11.8 Å². The number of aryl methyl sites for hydroxylation is 1. The number of nitrogens with zero attached hydrogens (tertiary/aromatic N) is 1. The molecule has 1 amide bonds. The SMILES string of the molecule is CCc1ccccc1Nc1cc(C(=O)N[C@@H]2CCC[C@H](C)[C@@H]2C)c2ccccc2n1. The molecule has 1 fully saturated rings. The van der Waals surface area contributed by atoms with Crippen LogP contribution in [0.3, 0.4) is 0 Å². The molecule has 1 aliphatic carbocycles. The zero-order chi connectivity index (χ0) is 21.1. The molecule has 0 bridgehead atoms. The summed E-state index contributed by atoms with van der Waals surface area (Å²) in [5, 5.41) is 7.66. The summed E-state index contributed by atoms with van der Waals surface area (Å²) in [5.74, 6) is 1.82. The minimum absolute atomic E-state index is 0.00798. The van der Waals surface area contributed by atoms with Gasteiger partial charge in [0, 0.05) is 17.1 Å². The largest absolute Gasteiger partial charge is 0.349 e. The van der Waals surface area contributed by atoms with Crippen LogP contribution in [0, 0.1) is 11.8 Å². The number of hydrogen-bond acceptors (Lipinski definition) is 3. The fourth-order valence-electron chi connectivity index (χ4n) is 4.55. The molecule has 0 radical (unpaired) electrons. The van der Waals surface area contributed by atoms with Gasteiger partial charge in [-0.15, -0.1) is 0 Å². The van der Waals surface area contributed by atoms with Crippen LogP contribution in [0.25, 0.3) is 10.9 Å². The van der Waals surface area contributed by atoms with Crippen molar-refractivity contribution in [3.05, 3.63) is 65.7 Å². The first-order valence-corrected chi connectivity index (χ1v) is 11.1. The minimum Gasteiger partial charge on any atom is -0.349 e. The standard InChI is InChI=1S/C26H31N3O/c1-4-19-11-5-7-13-23(19)27-25-16-21(20-12-6-8-14-24(20)28-25)26(30)29-22-15-9-10-17(2)18(22)3/h5-8,11-14,16-18,22H,4,9-10,15H2,1-3H3,(H,27,28)(H,29,30)/t17-,18-,22+/m0/s1.